The minimum absolute atomic E-state index is 0.0850. The van der Waals surface area contributed by atoms with E-state index in [9.17, 15) is 4.79 Å². The molecule has 3 heteroatoms. The van der Waals surface area contributed by atoms with E-state index in [1.165, 1.54) is 6.07 Å². The van der Waals surface area contributed by atoms with Crippen LogP contribution in [-0.2, 0) is 0 Å². The molecule has 0 radical (unpaired) electrons. The second kappa shape index (κ2) is 11.1. The lowest BCUT2D eigenvalue weighted by Crippen LogP contribution is -2.02. The van der Waals surface area contributed by atoms with Crippen LogP contribution in [0.5, 0.6) is 5.75 Å². The summed E-state index contributed by atoms with van der Waals surface area (Å²) in [5, 5.41) is 1.02. The van der Waals surface area contributed by atoms with Crippen molar-refractivity contribution in [2.45, 2.75) is 47.5 Å². The zero-order valence-corrected chi connectivity index (χ0v) is 13.3. The number of nitrogens with one attached hydrogen (secondary N) is 1. The van der Waals surface area contributed by atoms with E-state index < -0.39 is 0 Å². The molecule has 1 aromatic heterocycles. The molecule has 3 nitrogen and oxygen atoms in total. The number of unbranched alkanes of at least 4 members (excludes halogenated alkanes) is 1. The summed E-state index contributed by atoms with van der Waals surface area (Å²) in [6.45, 7) is 10.8. The van der Waals surface area contributed by atoms with Crippen LogP contribution in [0.1, 0.15) is 47.5 Å². The quantitative estimate of drug-likeness (QED) is 0.819. The van der Waals surface area contributed by atoms with Crippen LogP contribution >= 0.6 is 0 Å². The summed E-state index contributed by atoms with van der Waals surface area (Å²) in [4.78, 5) is 13.9. The predicted molar refractivity (Wildman–Crippen MR) is 87.7 cm³/mol. The minimum atomic E-state index is -0.0850. The molecule has 0 saturated carbocycles. The van der Waals surface area contributed by atoms with Gasteiger partial charge in [0.1, 0.15) is 5.75 Å². The third kappa shape index (κ3) is 5.91. The Hall–Kier alpha value is -1.77. The molecule has 0 aliphatic heterocycles. The number of aromatic nitrogens is 1. The van der Waals surface area contributed by atoms with Gasteiger partial charge in [-0.25, -0.2) is 0 Å². The number of ether oxygens (including phenoxy) is 1. The van der Waals surface area contributed by atoms with E-state index >= 15 is 0 Å². The van der Waals surface area contributed by atoms with Crippen molar-refractivity contribution in [3.8, 4) is 5.75 Å². The van der Waals surface area contributed by atoms with E-state index in [4.69, 9.17) is 4.74 Å². The van der Waals surface area contributed by atoms with Gasteiger partial charge < -0.3 is 9.72 Å². The molecule has 0 saturated heterocycles. The highest BCUT2D eigenvalue weighted by molar-refractivity contribution is 5.79. The Balaban J connectivity index is 0.000000829. The molecule has 0 atom stereocenters. The van der Waals surface area contributed by atoms with Crippen molar-refractivity contribution in [2.75, 3.05) is 6.61 Å². The third-order valence-electron chi connectivity index (χ3n) is 2.46. The SMILES string of the molecule is CC.CC.CCCCOc1ccc2ccc(=O)[nH]c2c1. The Kier molecular flexibility index (Phi) is 10.1. The molecule has 2 aromatic rings. The summed E-state index contributed by atoms with van der Waals surface area (Å²) in [7, 11) is 0. The maximum absolute atomic E-state index is 11.2. The monoisotopic (exact) mass is 277 g/mol. The smallest absolute Gasteiger partial charge is 0.248 e. The Morgan fingerprint density at radius 3 is 2.35 bits per heavy atom. The van der Waals surface area contributed by atoms with Crippen molar-refractivity contribution in [3.63, 3.8) is 0 Å². The lowest BCUT2D eigenvalue weighted by atomic mass is 10.2. The highest BCUT2D eigenvalue weighted by atomic mass is 16.5. The highest BCUT2D eigenvalue weighted by Gasteiger charge is 1.98. The largest absolute Gasteiger partial charge is 0.494 e. The van der Waals surface area contributed by atoms with Gasteiger partial charge in [0.2, 0.25) is 5.56 Å². The molecule has 0 aliphatic carbocycles. The summed E-state index contributed by atoms with van der Waals surface area (Å²) >= 11 is 0. The maximum Gasteiger partial charge on any atom is 0.248 e. The lowest BCUT2D eigenvalue weighted by Gasteiger charge is -2.06. The number of H-pyrrole nitrogens is 1. The summed E-state index contributed by atoms with van der Waals surface area (Å²) < 4.78 is 5.57. The average Bonchev–Trinajstić information content (AvgIpc) is 2.51. The molecule has 0 aliphatic rings. The number of fused-ring (bicyclic) bond motifs is 1. The van der Waals surface area contributed by atoms with Gasteiger partial charge in [-0.2, -0.15) is 0 Å². The summed E-state index contributed by atoms with van der Waals surface area (Å²) in [6.07, 6.45) is 2.16. The molecular formula is C17H27NO2. The fraction of sp³-hybridized carbons (Fsp3) is 0.471. The molecule has 2 rings (SSSR count). The Morgan fingerprint density at radius 2 is 1.70 bits per heavy atom. The van der Waals surface area contributed by atoms with E-state index in [2.05, 4.69) is 11.9 Å². The first-order valence-corrected chi connectivity index (χ1v) is 7.55. The van der Waals surface area contributed by atoms with E-state index in [1.54, 1.807) is 0 Å². The molecule has 0 spiro atoms. The Morgan fingerprint density at radius 1 is 1.05 bits per heavy atom. The summed E-state index contributed by atoms with van der Waals surface area (Å²) in [5.41, 5.74) is 0.736. The fourth-order valence-electron chi connectivity index (χ4n) is 1.55. The Labute approximate surface area is 122 Å². The molecule has 0 unspecified atom stereocenters. The van der Waals surface area contributed by atoms with Crippen LogP contribution in [0.25, 0.3) is 10.9 Å². The molecule has 112 valence electrons. The normalized spacial score (nSPS) is 9.05. The molecule has 0 fully saturated rings. The number of rotatable bonds is 4. The van der Waals surface area contributed by atoms with Crippen molar-refractivity contribution in [1.82, 2.24) is 4.98 Å². The molecule has 0 bridgehead atoms. The zero-order chi connectivity index (χ0) is 15.4. The Bertz CT molecular complexity index is 532. The maximum atomic E-state index is 11.2. The average molecular weight is 277 g/mol. The van der Waals surface area contributed by atoms with Crippen LogP contribution < -0.4 is 10.3 Å². The number of hydrogen-bond acceptors (Lipinski definition) is 2. The number of pyridine rings is 1. The van der Waals surface area contributed by atoms with E-state index in [-0.39, 0.29) is 5.56 Å². The predicted octanol–water partition coefficient (Wildman–Crippen LogP) is 4.76. The van der Waals surface area contributed by atoms with Crippen molar-refractivity contribution < 1.29 is 4.74 Å². The highest BCUT2D eigenvalue weighted by Crippen LogP contribution is 2.18. The van der Waals surface area contributed by atoms with Gasteiger partial charge in [0.25, 0.3) is 0 Å². The standard InChI is InChI=1S/C13H15NO2.2C2H6/c1-2-3-8-16-11-6-4-10-5-7-13(15)14-12(10)9-11;2*1-2/h4-7,9H,2-3,8H2,1H3,(H,14,15);2*1-2H3. The topological polar surface area (TPSA) is 42.1 Å². The van der Waals surface area contributed by atoms with Crippen LogP contribution in [0.15, 0.2) is 35.1 Å². The molecule has 0 amide bonds. The van der Waals surface area contributed by atoms with Gasteiger partial charge in [-0.3, -0.25) is 4.79 Å². The van der Waals surface area contributed by atoms with Crippen LogP contribution in [-0.4, -0.2) is 11.6 Å². The first-order chi connectivity index (χ1) is 9.79. The van der Waals surface area contributed by atoms with Crippen LogP contribution in [0, 0.1) is 0 Å². The van der Waals surface area contributed by atoms with Gasteiger partial charge in [0.15, 0.2) is 0 Å². The second-order valence-corrected chi connectivity index (χ2v) is 3.77. The summed E-state index contributed by atoms with van der Waals surface area (Å²) in [5.74, 6) is 0.808. The minimum Gasteiger partial charge on any atom is -0.494 e. The second-order valence-electron chi connectivity index (χ2n) is 3.77. The van der Waals surface area contributed by atoms with E-state index in [1.807, 2.05) is 52.0 Å². The molecular weight excluding hydrogens is 250 g/mol. The molecule has 20 heavy (non-hydrogen) atoms. The van der Waals surface area contributed by atoms with Crippen LogP contribution in [0.2, 0.25) is 0 Å². The summed E-state index contributed by atoms with van der Waals surface area (Å²) in [6, 6.07) is 9.08. The number of benzene rings is 1. The molecule has 1 heterocycles. The zero-order valence-electron chi connectivity index (χ0n) is 13.3. The lowest BCUT2D eigenvalue weighted by molar-refractivity contribution is 0.310. The van der Waals surface area contributed by atoms with Crippen molar-refractivity contribution in [3.05, 3.63) is 40.7 Å². The van der Waals surface area contributed by atoms with Crippen molar-refractivity contribution in [2.24, 2.45) is 0 Å². The first-order valence-electron chi connectivity index (χ1n) is 7.55. The number of aromatic amines is 1. The third-order valence-corrected chi connectivity index (χ3v) is 2.46. The van der Waals surface area contributed by atoms with Crippen LogP contribution in [0.4, 0.5) is 0 Å². The van der Waals surface area contributed by atoms with Gasteiger partial charge in [-0.15, -0.1) is 0 Å². The van der Waals surface area contributed by atoms with E-state index in [0.717, 1.165) is 36.1 Å². The van der Waals surface area contributed by atoms with Gasteiger partial charge in [0, 0.05) is 12.1 Å². The van der Waals surface area contributed by atoms with Gasteiger partial charge in [0.05, 0.1) is 12.1 Å². The first kappa shape index (κ1) is 18.2. The fourth-order valence-corrected chi connectivity index (χ4v) is 1.55. The van der Waals surface area contributed by atoms with Gasteiger partial charge in [-0.1, -0.05) is 41.0 Å². The van der Waals surface area contributed by atoms with Crippen LogP contribution in [0.3, 0.4) is 0 Å². The molecule has 1 aromatic carbocycles. The number of hydrogen-bond donors (Lipinski definition) is 1. The van der Waals surface area contributed by atoms with Crippen molar-refractivity contribution in [1.29, 1.82) is 0 Å². The van der Waals surface area contributed by atoms with Gasteiger partial charge >= 0.3 is 0 Å². The van der Waals surface area contributed by atoms with Crippen molar-refractivity contribution >= 4 is 10.9 Å². The van der Waals surface area contributed by atoms with Gasteiger partial charge in [-0.05, 0) is 30.0 Å². The van der Waals surface area contributed by atoms with E-state index in [0.29, 0.717) is 0 Å². The molecule has 1 N–H and O–H groups in total.